The van der Waals surface area contributed by atoms with Crippen LogP contribution in [0.25, 0.3) is 0 Å². The lowest BCUT2D eigenvalue weighted by atomic mass is 9.95. The van der Waals surface area contributed by atoms with E-state index in [0.717, 1.165) is 31.5 Å². The molecule has 150 valence electrons. The number of amides is 2. The Balaban J connectivity index is 1.78. The second kappa shape index (κ2) is 9.64. The lowest BCUT2D eigenvalue weighted by molar-refractivity contribution is -0.135. The molecule has 6 nitrogen and oxygen atoms in total. The molecule has 2 amide bonds. The molecule has 0 aromatic heterocycles. The Bertz CT molecular complexity index is 630. The third-order valence-electron chi connectivity index (χ3n) is 4.73. The van der Waals surface area contributed by atoms with E-state index in [1.807, 2.05) is 0 Å². The van der Waals surface area contributed by atoms with Crippen LogP contribution in [0.15, 0.2) is 24.3 Å². The number of ether oxygens (including phenoxy) is 1. The van der Waals surface area contributed by atoms with Gasteiger partial charge in [-0.1, -0.05) is 12.1 Å². The molecule has 1 aromatic rings. The molecule has 1 aromatic carbocycles. The molecular weight excluding hydrogens is 356 g/mol. The summed E-state index contributed by atoms with van der Waals surface area (Å²) in [6.45, 7) is -0.695. The fourth-order valence-corrected chi connectivity index (χ4v) is 3.15. The molecule has 0 bridgehead atoms. The number of likely N-dealkylation sites (N-methyl/N-ethyl adjacent to an activating group) is 1. The maximum absolute atomic E-state index is 12.4. The molecule has 8 heteroatoms. The quantitative estimate of drug-likeness (QED) is 0.723. The van der Waals surface area contributed by atoms with E-state index in [1.165, 1.54) is 12.1 Å². The van der Waals surface area contributed by atoms with Crippen LogP contribution in [0.2, 0.25) is 0 Å². The Morgan fingerprint density at radius 3 is 2.26 bits per heavy atom. The number of carbonyl (C=O) groups excluding carboxylic acids is 2. The van der Waals surface area contributed by atoms with Crippen LogP contribution in [-0.2, 0) is 16.1 Å². The van der Waals surface area contributed by atoms with Crippen LogP contribution >= 0.6 is 0 Å². The van der Waals surface area contributed by atoms with Gasteiger partial charge in [-0.2, -0.15) is 8.78 Å². The monoisotopic (exact) mass is 383 g/mol. The standard InChI is InChI=1S/C19H27F2N3O3/c1-22(2)18(26)15-8-10-24(11-9-15)13-17(25)23(3)12-14-4-6-16(7-5-14)27-19(20)21/h4-7,15,19H,8-13H2,1-3H3. The van der Waals surface area contributed by atoms with E-state index in [-0.39, 0.29) is 23.5 Å². The number of hydrogen-bond donors (Lipinski definition) is 0. The van der Waals surface area contributed by atoms with Gasteiger partial charge >= 0.3 is 6.61 Å². The lowest BCUT2D eigenvalue weighted by Gasteiger charge is -2.32. The first-order valence-electron chi connectivity index (χ1n) is 8.97. The first-order chi connectivity index (χ1) is 12.8. The zero-order valence-corrected chi connectivity index (χ0v) is 16.0. The number of rotatable bonds is 7. The van der Waals surface area contributed by atoms with Crippen molar-refractivity contribution in [2.45, 2.75) is 26.0 Å². The Labute approximate surface area is 158 Å². The highest BCUT2D eigenvalue weighted by Crippen LogP contribution is 2.19. The number of halogens is 2. The molecule has 0 N–H and O–H groups in total. The number of piperidine rings is 1. The molecular formula is C19H27F2N3O3. The summed E-state index contributed by atoms with van der Waals surface area (Å²) in [7, 11) is 5.24. The average Bonchev–Trinajstić information content (AvgIpc) is 2.62. The predicted octanol–water partition coefficient (Wildman–Crippen LogP) is 2.05. The maximum Gasteiger partial charge on any atom is 0.387 e. The van der Waals surface area contributed by atoms with Crippen molar-refractivity contribution in [3.63, 3.8) is 0 Å². The van der Waals surface area contributed by atoms with Gasteiger partial charge in [0.15, 0.2) is 0 Å². The minimum absolute atomic E-state index is 0.0136. The SMILES string of the molecule is CN(C)C(=O)C1CCN(CC(=O)N(C)Cc2ccc(OC(F)F)cc2)CC1. The van der Waals surface area contributed by atoms with Gasteiger partial charge in [0, 0.05) is 33.6 Å². The largest absolute Gasteiger partial charge is 0.435 e. The molecule has 0 saturated carbocycles. The van der Waals surface area contributed by atoms with Crippen LogP contribution in [0.4, 0.5) is 8.78 Å². The van der Waals surface area contributed by atoms with Crippen molar-refractivity contribution in [3.8, 4) is 5.75 Å². The van der Waals surface area contributed by atoms with Gasteiger partial charge in [0.1, 0.15) is 5.75 Å². The molecule has 1 fully saturated rings. The molecule has 1 saturated heterocycles. The van der Waals surface area contributed by atoms with Crippen LogP contribution in [0.1, 0.15) is 18.4 Å². The Morgan fingerprint density at radius 2 is 1.74 bits per heavy atom. The highest BCUT2D eigenvalue weighted by Gasteiger charge is 2.27. The number of nitrogens with zero attached hydrogens (tertiary/aromatic N) is 3. The van der Waals surface area contributed by atoms with Crippen molar-refractivity contribution in [1.82, 2.24) is 14.7 Å². The van der Waals surface area contributed by atoms with Crippen LogP contribution in [-0.4, -0.2) is 73.9 Å². The summed E-state index contributed by atoms with van der Waals surface area (Å²) in [6.07, 6.45) is 1.53. The Morgan fingerprint density at radius 1 is 1.15 bits per heavy atom. The predicted molar refractivity (Wildman–Crippen MR) is 97.4 cm³/mol. The summed E-state index contributed by atoms with van der Waals surface area (Å²) >= 11 is 0. The molecule has 0 spiro atoms. The first-order valence-corrected chi connectivity index (χ1v) is 8.97. The fraction of sp³-hybridized carbons (Fsp3) is 0.579. The van der Waals surface area contributed by atoms with E-state index in [1.54, 1.807) is 43.1 Å². The number of benzene rings is 1. The van der Waals surface area contributed by atoms with Gasteiger partial charge < -0.3 is 14.5 Å². The van der Waals surface area contributed by atoms with E-state index in [9.17, 15) is 18.4 Å². The van der Waals surface area contributed by atoms with Crippen molar-refractivity contribution in [2.24, 2.45) is 5.92 Å². The minimum atomic E-state index is -2.85. The van der Waals surface area contributed by atoms with Gasteiger partial charge in [0.05, 0.1) is 6.54 Å². The zero-order chi connectivity index (χ0) is 20.0. The van der Waals surface area contributed by atoms with E-state index >= 15 is 0 Å². The highest BCUT2D eigenvalue weighted by molar-refractivity contribution is 5.79. The van der Waals surface area contributed by atoms with Crippen molar-refractivity contribution in [3.05, 3.63) is 29.8 Å². The molecule has 1 aliphatic rings. The fourth-order valence-electron chi connectivity index (χ4n) is 3.15. The molecule has 27 heavy (non-hydrogen) atoms. The van der Waals surface area contributed by atoms with Crippen LogP contribution in [0.3, 0.4) is 0 Å². The minimum Gasteiger partial charge on any atom is -0.435 e. The number of carbonyl (C=O) groups is 2. The summed E-state index contributed by atoms with van der Waals surface area (Å²) in [5.41, 5.74) is 0.836. The summed E-state index contributed by atoms with van der Waals surface area (Å²) in [6, 6.07) is 6.26. The topological polar surface area (TPSA) is 53.1 Å². The molecule has 2 rings (SSSR count). The van der Waals surface area contributed by atoms with Gasteiger partial charge in [-0.3, -0.25) is 14.5 Å². The van der Waals surface area contributed by atoms with Crippen LogP contribution in [0, 0.1) is 5.92 Å². The average molecular weight is 383 g/mol. The first kappa shape index (κ1) is 21.1. The number of alkyl halides is 2. The van der Waals surface area contributed by atoms with Gasteiger partial charge in [0.25, 0.3) is 0 Å². The summed E-state index contributed by atoms with van der Waals surface area (Å²) in [4.78, 5) is 29.7. The second-order valence-electron chi connectivity index (χ2n) is 7.06. The van der Waals surface area contributed by atoms with E-state index in [0.29, 0.717) is 13.1 Å². The van der Waals surface area contributed by atoms with Crippen molar-refractivity contribution in [2.75, 3.05) is 40.8 Å². The third kappa shape index (κ3) is 6.46. The van der Waals surface area contributed by atoms with Crippen LogP contribution in [0.5, 0.6) is 5.75 Å². The molecule has 1 aliphatic heterocycles. The van der Waals surface area contributed by atoms with Crippen LogP contribution < -0.4 is 4.74 Å². The van der Waals surface area contributed by atoms with Gasteiger partial charge in [-0.05, 0) is 43.6 Å². The van der Waals surface area contributed by atoms with E-state index in [2.05, 4.69) is 9.64 Å². The van der Waals surface area contributed by atoms with Crippen molar-refractivity contribution in [1.29, 1.82) is 0 Å². The normalized spacial score (nSPS) is 15.6. The summed E-state index contributed by atoms with van der Waals surface area (Å²) in [5, 5.41) is 0. The summed E-state index contributed by atoms with van der Waals surface area (Å²) in [5.74, 6) is 0.272. The van der Waals surface area contributed by atoms with E-state index in [4.69, 9.17) is 0 Å². The smallest absolute Gasteiger partial charge is 0.387 e. The molecule has 0 unspecified atom stereocenters. The third-order valence-corrected chi connectivity index (χ3v) is 4.73. The number of likely N-dealkylation sites (tertiary alicyclic amines) is 1. The van der Waals surface area contributed by atoms with Gasteiger partial charge in [-0.25, -0.2) is 0 Å². The van der Waals surface area contributed by atoms with Gasteiger partial charge in [-0.15, -0.1) is 0 Å². The number of hydrogen-bond acceptors (Lipinski definition) is 4. The Kier molecular flexibility index (Phi) is 7.53. The highest BCUT2D eigenvalue weighted by atomic mass is 19.3. The lowest BCUT2D eigenvalue weighted by Crippen LogP contribution is -2.44. The molecule has 0 atom stereocenters. The van der Waals surface area contributed by atoms with Crippen molar-refractivity contribution >= 4 is 11.8 Å². The van der Waals surface area contributed by atoms with E-state index < -0.39 is 6.61 Å². The molecule has 0 radical (unpaired) electrons. The second-order valence-corrected chi connectivity index (χ2v) is 7.06. The maximum atomic E-state index is 12.4. The zero-order valence-electron chi connectivity index (χ0n) is 16.0. The van der Waals surface area contributed by atoms with Crippen molar-refractivity contribution < 1.29 is 23.1 Å². The molecule has 1 heterocycles. The molecule has 0 aliphatic carbocycles. The summed E-state index contributed by atoms with van der Waals surface area (Å²) < 4.78 is 28.6. The van der Waals surface area contributed by atoms with Gasteiger partial charge in [0.2, 0.25) is 11.8 Å². The Hall–Kier alpha value is -2.22.